The van der Waals surface area contributed by atoms with E-state index in [2.05, 4.69) is 0 Å². The highest BCUT2D eigenvalue weighted by atomic mass is 16.6. The average molecular weight is 159 g/mol. The molecule has 0 saturated heterocycles. The highest BCUT2D eigenvalue weighted by Gasteiger charge is 2.24. The molecule has 1 unspecified atom stereocenters. The van der Waals surface area contributed by atoms with Gasteiger partial charge in [-0.15, -0.1) is 0 Å². The molecule has 1 aliphatic rings. The third kappa shape index (κ3) is 2.43. The lowest BCUT2D eigenvalue weighted by Gasteiger charge is -2.29. The summed E-state index contributed by atoms with van der Waals surface area (Å²) in [6.07, 6.45) is 3.54. The maximum absolute atomic E-state index is 9.32. The molecule has 66 valence electrons. The minimum absolute atomic E-state index is 0.253. The van der Waals surface area contributed by atoms with Gasteiger partial charge in [-0.2, -0.15) is 0 Å². The number of nitrogens with two attached hydrogens (primary N) is 1. The zero-order valence-corrected chi connectivity index (χ0v) is 6.99. The zero-order valence-electron chi connectivity index (χ0n) is 6.99. The van der Waals surface area contributed by atoms with Gasteiger partial charge in [-0.05, 0) is 19.3 Å². The molecule has 0 aliphatic heterocycles. The van der Waals surface area contributed by atoms with Crippen molar-refractivity contribution in [2.45, 2.75) is 38.0 Å². The van der Waals surface area contributed by atoms with Gasteiger partial charge in [0.05, 0.1) is 0 Å². The molecule has 3 atom stereocenters. The molecule has 3 nitrogen and oxygen atoms in total. The maximum atomic E-state index is 9.32. The summed E-state index contributed by atoms with van der Waals surface area (Å²) in [7, 11) is 1.53. The van der Waals surface area contributed by atoms with Crippen LogP contribution in [0.25, 0.3) is 0 Å². The second kappa shape index (κ2) is 4.04. The van der Waals surface area contributed by atoms with Crippen LogP contribution in [0, 0.1) is 5.92 Å². The van der Waals surface area contributed by atoms with Crippen LogP contribution in [0.4, 0.5) is 0 Å². The van der Waals surface area contributed by atoms with Crippen molar-refractivity contribution in [1.29, 1.82) is 0 Å². The van der Waals surface area contributed by atoms with Crippen molar-refractivity contribution >= 4 is 0 Å². The van der Waals surface area contributed by atoms with Gasteiger partial charge >= 0.3 is 0 Å². The molecule has 0 aromatic carbocycles. The number of aliphatic hydroxyl groups is 1. The van der Waals surface area contributed by atoms with Crippen LogP contribution in [-0.4, -0.2) is 24.5 Å². The Morgan fingerprint density at radius 1 is 1.55 bits per heavy atom. The van der Waals surface area contributed by atoms with E-state index in [0.29, 0.717) is 0 Å². The fourth-order valence-corrected chi connectivity index (χ4v) is 1.72. The maximum Gasteiger partial charge on any atom is 0.157 e. The second-order valence-corrected chi connectivity index (χ2v) is 3.31. The van der Waals surface area contributed by atoms with Crippen molar-refractivity contribution in [3.05, 3.63) is 0 Å². The molecule has 0 spiro atoms. The van der Waals surface area contributed by atoms with Gasteiger partial charge in [-0.25, -0.2) is 0 Å². The molecule has 1 rings (SSSR count). The standard InChI is InChI=1S/C8H17NO2/c1-11-8(10)6-3-2-4-7(9)5-6/h6-8,10H,2-5,9H2,1H3/t6-,7+,8?/m0/s1. The molecule has 0 amide bonds. The zero-order chi connectivity index (χ0) is 8.27. The normalized spacial score (nSPS) is 35.2. The first kappa shape index (κ1) is 8.97. The Labute approximate surface area is 67.5 Å². The van der Waals surface area contributed by atoms with Gasteiger partial charge in [-0.1, -0.05) is 6.42 Å². The van der Waals surface area contributed by atoms with Crippen LogP contribution in [-0.2, 0) is 4.74 Å². The van der Waals surface area contributed by atoms with Crippen molar-refractivity contribution in [3.8, 4) is 0 Å². The van der Waals surface area contributed by atoms with E-state index in [1.807, 2.05) is 0 Å². The largest absolute Gasteiger partial charge is 0.368 e. The van der Waals surface area contributed by atoms with E-state index in [1.54, 1.807) is 0 Å². The molecule has 0 aromatic rings. The van der Waals surface area contributed by atoms with Crippen LogP contribution in [0.5, 0.6) is 0 Å². The molecule has 0 bridgehead atoms. The molecule has 0 heterocycles. The molecule has 0 radical (unpaired) electrons. The lowest BCUT2D eigenvalue weighted by molar-refractivity contribution is -0.121. The highest BCUT2D eigenvalue weighted by Crippen LogP contribution is 2.25. The number of rotatable bonds is 2. The van der Waals surface area contributed by atoms with Gasteiger partial charge in [0.1, 0.15) is 0 Å². The van der Waals surface area contributed by atoms with Crippen molar-refractivity contribution < 1.29 is 9.84 Å². The molecule has 1 saturated carbocycles. The Balaban J connectivity index is 2.33. The Kier molecular flexibility index (Phi) is 3.30. The Morgan fingerprint density at radius 2 is 2.27 bits per heavy atom. The molecule has 0 aromatic heterocycles. The van der Waals surface area contributed by atoms with E-state index in [9.17, 15) is 5.11 Å². The Hall–Kier alpha value is -0.120. The van der Waals surface area contributed by atoms with Gasteiger partial charge in [0.25, 0.3) is 0 Å². The smallest absolute Gasteiger partial charge is 0.157 e. The summed E-state index contributed by atoms with van der Waals surface area (Å²) in [6, 6.07) is 0.263. The van der Waals surface area contributed by atoms with E-state index >= 15 is 0 Å². The van der Waals surface area contributed by atoms with E-state index in [4.69, 9.17) is 10.5 Å². The molecular weight excluding hydrogens is 142 g/mol. The third-order valence-electron chi connectivity index (χ3n) is 2.40. The molecule has 1 fully saturated rings. The summed E-state index contributed by atoms with van der Waals surface area (Å²) in [6.45, 7) is 0. The summed E-state index contributed by atoms with van der Waals surface area (Å²) >= 11 is 0. The average Bonchev–Trinajstić information content (AvgIpc) is 2.03. The van der Waals surface area contributed by atoms with Crippen LogP contribution in [0.15, 0.2) is 0 Å². The van der Waals surface area contributed by atoms with Crippen molar-refractivity contribution in [2.75, 3.05) is 7.11 Å². The minimum atomic E-state index is -0.610. The van der Waals surface area contributed by atoms with E-state index in [-0.39, 0.29) is 12.0 Å². The summed E-state index contributed by atoms with van der Waals surface area (Å²) in [5.41, 5.74) is 5.75. The van der Waals surface area contributed by atoms with Crippen LogP contribution in [0.3, 0.4) is 0 Å². The van der Waals surface area contributed by atoms with Crippen molar-refractivity contribution in [2.24, 2.45) is 11.7 Å². The van der Waals surface area contributed by atoms with Gasteiger partial charge in [0.2, 0.25) is 0 Å². The van der Waals surface area contributed by atoms with Gasteiger partial charge in [0, 0.05) is 19.1 Å². The topological polar surface area (TPSA) is 55.5 Å². The summed E-state index contributed by atoms with van der Waals surface area (Å²) in [4.78, 5) is 0. The van der Waals surface area contributed by atoms with Crippen LogP contribution < -0.4 is 5.73 Å². The molecule has 3 heteroatoms. The predicted molar refractivity (Wildman–Crippen MR) is 42.9 cm³/mol. The Bertz CT molecular complexity index is 119. The van der Waals surface area contributed by atoms with Gasteiger partial charge in [-0.3, -0.25) is 0 Å². The number of hydrogen-bond acceptors (Lipinski definition) is 3. The summed E-state index contributed by atoms with van der Waals surface area (Å²) in [5.74, 6) is 0.253. The van der Waals surface area contributed by atoms with Crippen LogP contribution >= 0.6 is 0 Å². The Morgan fingerprint density at radius 3 is 2.82 bits per heavy atom. The first-order valence-electron chi connectivity index (χ1n) is 4.20. The van der Waals surface area contributed by atoms with E-state index in [0.717, 1.165) is 25.7 Å². The fourth-order valence-electron chi connectivity index (χ4n) is 1.72. The summed E-state index contributed by atoms with van der Waals surface area (Å²) in [5, 5.41) is 9.32. The van der Waals surface area contributed by atoms with Crippen molar-refractivity contribution in [3.63, 3.8) is 0 Å². The second-order valence-electron chi connectivity index (χ2n) is 3.31. The van der Waals surface area contributed by atoms with Gasteiger partial charge < -0.3 is 15.6 Å². The first-order valence-corrected chi connectivity index (χ1v) is 4.20. The molecule has 3 N–H and O–H groups in total. The lowest BCUT2D eigenvalue weighted by Crippen LogP contribution is -2.34. The number of aliphatic hydroxyl groups excluding tert-OH is 1. The molecular formula is C8H17NO2. The summed E-state index contributed by atoms with van der Waals surface area (Å²) < 4.78 is 4.84. The quantitative estimate of drug-likeness (QED) is 0.576. The minimum Gasteiger partial charge on any atom is -0.368 e. The lowest BCUT2D eigenvalue weighted by atomic mass is 9.86. The number of ether oxygens (including phenoxy) is 1. The third-order valence-corrected chi connectivity index (χ3v) is 2.40. The van der Waals surface area contributed by atoms with Crippen LogP contribution in [0.1, 0.15) is 25.7 Å². The van der Waals surface area contributed by atoms with Crippen LogP contribution in [0.2, 0.25) is 0 Å². The predicted octanol–water partition coefficient (Wildman–Crippen LogP) is 0.469. The SMILES string of the molecule is COC(O)[C@H]1CCC[C@@H](N)C1. The number of methoxy groups -OCH3 is 1. The number of hydrogen-bond donors (Lipinski definition) is 2. The molecule has 1 aliphatic carbocycles. The fraction of sp³-hybridized carbons (Fsp3) is 1.00. The van der Waals surface area contributed by atoms with Gasteiger partial charge in [0.15, 0.2) is 6.29 Å². The highest BCUT2D eigenvalue weighted by molar-refractivity contribution is 4.76. The molecule has 11 heavy (non-hydrogen) atoms. The first-order chi connectivity index (χ1) is 5.24. The van der Waals surface area contributed by atoms with E-state index in [1.165, 1.54) is 7.11 Å². The van der Waals surface area contributed by atoms with Crippen molar-refractivity contribution in [1.82, 2.24) is 0 Å². The monoisotopic (exact) mass is 159 g/mol. The van der Waals surface area contributed by atoms with E-state index < -0.39 is 6.29 Å².